The van der Waals surface area contributed by atoms with Gasteiger partial charge in [-0.05, 0) is 33.5 Å². The Kier molecular flexibility index (Phi) is 3.20. The van der Waals surface area contributed by atoms with Gasteiger partial charge in [-0.2, -0.15) is 0 Å². The lowest BCUT2D eigenvalue weighted by atomic mass is 9.74. The molecule has 21 heavy (non-hydrogen) atoms. The van der Waals surface area contributed by atoms with Crippen LogP contribution in [-0.4, -0.2) is 16.9 Å². The summed E-state index contributed by atoms with van der Waals surface area (Å²) in [4.78, 5) is 23.2. The molecule has 0 saturated heterocycles. The summed E-state index contributed by atoms with van der Waals surface area (Å²) in [6, 6.07) is 3.29. The van der Waals surface area contributed by atoms with E-state index in [9.17, 15) is 14.9 Å². The minimum absolute atomic E-state index is 0.0943. The van der Waals surface area contributed by atoms with Gasteiger partial charge in [-0.25, -0.2) is 0 Å². The molecule has 0 fully saturated rings. The summed E-state index contributed by atoms with van der Waals surface area (Å²) < 4.78 is 11.4. The third kappa shape index (κ3) is 2.39. The SMILES string of the molecule is CC1(C)CC(=O)C2=C(C1)OC([N+](=O)[O-])C2c1ccc(Br)o1. The van der Waals surface area contributed by atoms with Crippen LogP contribution in [0.1, 0.15) is 38.4 Å². The number of nitro groups is 1. The van der Waals surface area contributed by atoms with Gasteiger partial charge >= 0.3 is 6.23 Å². The van der Waals surface area contributed by atoms with Crippen molar-refractivity contribution in [3.8, 4) is 0 Å². The molecule has 0 saturated carbocycles. The monoisotopic (exact) mass is 355 g/mol. The first-order valence-corrected chi connectivity index (χ1v) is 7.39. The van der Waals surface area contributed by atoms with Gasteiger partial charge in [0.25, 0.3) is 0 Å². The van der Waals surface area contributed by atoms with Crippen molar-refractivity contribution in [1.82, 2.24) is 0 Å². The van der Waals surface area contributed by atoms with Gasteiger partial charge in [0.15, 0.2) is 16.4 Å². The molecule has 1 aliphatic carbocycles. The summed E-state index contributed by atoms with van der Waals surface area (Å²) in [6.07, 6.45) is -0.416. The molecule has 1 aliphatic heterocycles. The molecular formula is C14H14BrNO5. The summed E-state index contributed by atoms with van der Waals surface area (Å²) >= 11 is 3.18. The summed E-state index contributed by atoms with van der Waals surface area (Å²) in [5.41, 5.74) is 0.160. The molecule has 0 aromatic carbocycles. The Morgan fingerprint density at radius 1 is 1.38 bits per heavy atom. The van der Waals surface area contributed by atoms with E-state index in [0.717, 1.165) is 0 Å². The van der Waals surface area contributed by atoms with Gasteiger partial charge in [-0.3, -0.25) is 14.9 Å². The summed E-state index contributed by atoms with van der Waals surface area (Å²) in [6.45, 7) is 3.91. The van der Waals surface area contributed by atoms with Crippen molar-refractivity contribution in [1.29, 1.82) is 0 Å². The van der Waals surface area contributed by atoms with Crippen LogP contribution in [0.25, 0.3) is 0 Å². The molecular weight excluding hydrogens is 342 g/mol. The van der Waals surface area contributed by atoms with Crippen LogP contribution in [0.2, 0.25) is 0 Å². The maximum absolute atomic E-state index is 12.4. The zero-order valence-electron chi connectivity index (χ0n) is 11.6. The van der Waals surface area contributed by atoms with Crippen molar-refractivity contribution in [2.45, 2.75) is 38.8 Å². The highest BCUT2D eigenvalue weighted by atomic mass is 79.9. The molecule has 0 N–H and O–H groups in total. The van der Waals surface area contributed by atoms with Crippen molar-refractivity contribution in [2.24, 2.45) is 5.41 Å². The second-order valence-corrected chi connectivity index (χ2v) is 6.97. The van der Waals surface area contributed by atoms with E-state index in [1.54, 1.807) is 12.1 Å². The van der Waals surface area contributed by atoms with Gasteiger partial charge in [0, 0.05) is 12.8 Å². The van der Waals surface area contributed by atoms with Crippen molar-refractivity contribution in [3.05, 3.63) is 44.0 Å². The molecule has 6 nitrogen and oxygen atoms in total. The zero-order chi connectivity index (χ0) is 15.4. The number of ketones is 1. The number of allylic oxidation sites excluding steroid dienone is 1. The largest absolute Gasteiger partial charge is 0.453 e. The molecule has 0 radical (unpaired) electrons. The Morgan fingerprint density at radius 3 is 2.67 bits per heavy atom. The van der Waals surface area contributed by atoms with E-state index in [0.29, 0.717) is 34.6 Å². The number of halogens is 1. The number of hydrogen-bond acceptors (Lipinski definition) is 5. The first kappa shape index (κ1) is 14.3. The smallest absolute Gasteiger partial charge is 0.367 e. The molecule has 2 unspecified atom stereocenters. The Bertz CT molecular complexity index is 660. The van der Waals surface area contributed by atoms with Crippen molar-refractivity contribution >= 4 is 21.7 Å². The Morgan fingerprint density at radius 2 is 2.10 bits per heavy atom. The van der Waals surface area contributed by atoms with Crippen LogP contribution in [0, 0.1) is 15.5 Å². The molecule has 112 valence electrons. The highest BCUT2D eigenvalue weighted by Gasteiger charge is 2.53. The molecule has 0 bridgehead atoms. The van der Waals surface area contributed by atoms with E-state index in [2.05, 4.69) is 15.9 Å². The van der Waals surface area contributed by atoms with Crippen molar-refractivity contribution in [2.75, 3.05) is 0 Å². The molecule has 0 spiro atoms. The van der Waals surface area contributed by atoms with Crippen LogP contribution in [0.5, 0.6) is 0 Å². The third-order valence-electron chi connectivity index (χ3n) is 3.85. The molecule has 2 heterocycles. The fourth-order valence-electron chi connectivity index (χ4n) is 3.03. The topological polar surface area (TPSA) is 82.6 Å². The lowest BCUT2D eigenvalue weighted by molar-refractivity contribution is -0.570. The molecule has 0 amide bonds. The first-order valence-electron chi connectivity index (χ1n) is 6.60. The first-order chi connectivity index (χ1) is 9.78. The number of rotatable bonds is 2. The standard InChI is InChI=1S/C14H14BrNO5/c1-14(2)5-7(17)11-9(6-14)21-13(16(18)19)12(11)8-3-4-10(15)20-8/h3-4,12-13H,5-6H2,1-2H3. The Hall–Kier alpha value is -1.63. The third-order valence-corrected chi connectivity index (χ3v) is 4.27. The van der Waals surface area contributed by atoms with Crippen molar-refractivity contribution < 1.29 is 18.9 Å². The van der Waals surface area contributed by atoms with Gasteiger partial charge in [0.2, 0.25) is 0 Å². The number of furan rings is 1. The van der Waals surface area contributed by atoms with E-state index >= 15 is 0 Å². The predicted octanol–water partition coefficient (Wildman–Crippen LogP) is 3.40. The maximum atomic E-state index is 12.4. The zero-order valence-corrected chi connectivity index (χ0v) is 13.2. The average Bonchev–Trinajstić information content (AvgIpc) is 2.90. The number of carbonyl (C=O) groups excluding carboxylic acids is 1. The quantitative estimate of drug-likeness (QED) is 0.599. The second kappa shape index (κ2) is 4.69. The average molecular weight is 356 g/mol. The fraction of sp³-hybridized carbons (Fsp3) is 0.500. The van der Waals surface area contributed by atoms with E-state index in [1.807, 2.05) is 13.8 Å². The van der Waals surface area contributed by atoms with Gasteiger partial charge in [-0.1, -0.05) is 13.8 Å². The second-order valence-electron chi connectivity index (χ2n) is 6.19. The molecule has 3 rings (SSSR count). The number of hydrogen-bond donors (Lipinski definition) is 0. The normalized spacial score (nSPS) is 27.5. The van der Waals surface area contributed by atoms with Crippen LogP contribution in [0.4, 0.5) is 0 Å². The predicted molar refractivity (Wildman–Crippen MR) is 76.1 cm³/mol. The Labute approximate surface area is 129 Å². The number of nitrogens with zero attached hydrogens (tertiary/aromatic N) is 1. The van der Waals surface area contributed by atoms with Crippen LogP contribution in [0.3, 0.4) is 0 Å². The number of Topliss-reactive ketones (excluding diaryl/α,β-unsaturated/α-hetero) is 1. The van der Waals surface area contributed by atoms with Crippen molar-refractivity contribution in [3.63, 3.8) is 0 Å². The van der Waals surface area contributed by atoms with Gasteiger partial charge in [-0.15, -0.1) is 0 Å². The minimum atomic E-state index is -1.30. The van der Waals surface area contributed by atoms with Crippen LogP contribution in [0.15, 0.2) is 32.6 Å². The lowest BCUT2D eigenvalue weighted by Crippen LogP contribution is -2.28. The summed E-state index contributed by atoms with van der Waals surface area (Å²) in [5, 5.41) is 11.3. The van der Waals surface area contributed by atoms with Gasteiger partial charge in [0.1, 0.15) is 11.5 Å². The maximum Gasteiger partial charge on any atom is 0.367 e. The van der Waals surface area contributed by atoms with Crippen LogP contribution in [-0.2, 0) is 9.53 Å². The van der Waals surface area contributed by atoms with Gasteiger partial charge in [0.05, 0.1) is 10.5 Å². The van der Waals surface area contributed by atoms with Crippen LogP contribution < -0.4 is 0 Å². The van der Waals surface area contributed by atoms with Gasteiger partial charge < -0.3 is 9.15 Å². The van der Waals surface area contributed by atoms with E-state index < -0.39 is 17.1 Å². The summed E-state index contributed by atoms with van der Waals surface area (Å²) in [7, 11) is 0. The van der Waals surface area contributed by atoms with E-state index in [-0.39, 0.29) is 11.2 Å². The minimum Gasteiger partial charge on any atom is -0.453 e. The highest BCUT2D eigenvalue weighted by molar-refractivity contribution is 9.10. The molecule has 7 heteroatoms. The van der Waals surface area contributed by atoms with E-state index in [1.165, 1.54) is 0 Å². The van der Waals surface area contributed by atoms with E-state index in [4.69, 9.17) is 9.15 Å². The van der Waals surface area contributed by atoms with Crippen LogP contribution >= 0.6 is 15.9 Å². The highest BCUT2D eigenvalue weighted by Crippen LogP contribution is 2.49. The summed E-state index contributed by atoms with van der Waals surface area (Å²) in [5.74, 6) is -0.0508. The molecule has 1 aromatic rings. The Balaban J connectivity index is 2.07. The lowest BCUT2D eigenvalue weighted by Gasteiger charge is -2.28. The molecule has 2 aliphatic rings. The molecule has 2 atom stereocenters. The number of ether oxygens (including phenoxy) is 1. The molecule has 1 aromatic heterocycles. The number of carbonyl (C=O) groups is 1. The fourth-order valence-corrected chi connectivity index (χ4v) is 3.35.